The molecule has 1 amide bonds. The second-order valence-corrected chi connectivity index (χ2v) is 6.96. The Morgan fingerprint density at radius 1 is 0.848 bits per heavy atom. The quantitative estimate of drug-likeness (QED) is 0.162. The predicted octanol–water partition coefficient (Wildman–Crippen LogP) is 6.05. The summed E-state index contributed by atoms with van der Waals surface area (Å²) in [6.07, 6.45) is 0. The Kier molecular flexibility index (Phi) is 5.97. The summed E-state index contributed by atoms with van der Waals surface area (Å²) in [5, 5.41) is 5.39. The molecule has 0 atom stereocenters. The summed E-state index contributed by atoms with van der Waals surface area (Å²) in [6, 6.07) is 13.9. The third-order valence-corrected chi connectivity index (χ3v) is 4.60. The molecule has 3 aromatic carbocycles. The van der Waals surface area contributed by atoms with Gasteiger partial charge in [0.25, 0.3) is 5.91 Å². The van der Waals surface area contributed by atoms with Crippen LogP contribution in [0.3, 0.4) is 0 Å². The Hall–Kier alpha value is -3.99. The van der Waals surface area contributed by atoms with Crippen LogP contribution in [0.4, 0.5) is 27.6 Å². The fourth-order valence-electron chi connectivity index (χ4n) is 2.86. The number of thiocarbonyl (C=S) groups is 1. The Morgan fingerprint density at radius 3 is 2.15 bits per heavy atom. The number of hydrogen-bond donors (Lipinski definition) is 2. The van der Waals surface area contributed by atoms with Crippen LogP contribution >= 0.6 is 12.2 Å². The van der Waals surface area contributed by atoms with Crippen LogP contribution in [0.5, 0.6) is 11.5 Å². The molecule has 1 heterocycles. The first-order valence-corrected chi connectivity index (χ1v) is 9.56. The molecule has 0 aliphatic carbocycles. The molecule has 0 saturated carbocycles. The van der Waals surface area contributed by atoms with Gasteiger partial charge >= 0.3 is 0 Å². The number of carbonyl (C=O) groups excluding carboxylic acids is 1. The molecule has 2 N–H and O–H groups in total. The molecule has 11 heteroatoms. The van der Waals surface area contributed by atoms with Gasteiger partial charge in [-0.05, 0) is 36.5 Å². The van der Waals surface area contributed by atoms with Gasteiger partial charge in [0.2, 0.25) is 34.8 Å². The summed E-state index contributed by atoms with van der Waals surface area (Å²) < 4.78 is 78.5. The summed E-state index contributed by atoms with van der Waals surface area (Å²) in [4.78, 5) is 12.4. The van der Waals surface area contributed by atoms with E-state index < -0.39 is 40.7 Å². The second kappa shape index (κ2) is 8.87. The highest BCUT2D eigenvalue weighted by atomic mass is 32.1. The lowest BCUT2D eigenvalue weighted by atomic mass is 10.2. The summed E-state index contributed by atoms with van der Waals surface area (Å²) >= 11 is 5.07. The molecule has 0 fully saturated rings. The van der Waals surface area contributed by atoms with Crippen LogP contribution in [0.25, 0.3) is 11.0 Å². The van der Waals surface area contributed by atoms with E-state index in [0.717, 1.165) is 0 Å². The Labute approximate surface area is 187 Å². The number of halogens is 5. The lowest BCUT2D eigenvalue weighted by molar-refractivity contribution is 0.0953. The lowest BCUT2D eigenvalue weighted by Crippen LogP contribution is -2.34. The average molecular weight is 478 g/mol. The molecule has 0 unspecified atom stereocenters. The van der Waals surface area contributed by atoms with Crippen molar-refractivity contribution in [3.8, 4) is 11.5 Å². The van der Waals surface area contributed by atoms with Crippen molar-refractivity contribution < 1.29 is 35.9 Å². The zero-order valence-electron chi connectivity index (χ0n) is 16.2. The number of carbonyl (C=O) groups is 1. The summed E-state index contributed by atoms with van der Waals surface area (Å²) in [5.41, 5.74) is 0.472. The van der Waals surface area contributed by atoms with Crippen LogP contribution in [-0.4, -0.2) is 11.0 Å². The predicted molar refractivity (Wildman–Crippen MR) is 113 cm³/mol. The molecule has 1 aromatic heterocycles. The van der Waals surface area contributed by atoms with E-state index >= 15 is 0 Å². The van der Waals surface area contributed by atoms with Crippen molar-refractivity contribution in [3.63, 3.8) is 0 Å². The largest absolute Gasteiger partial charge is 0.451 e. The standard InChI is InChI=1S/C22H11F5N2O3S/c23-15-16(24)18(26)20(19(27)17(15)25)32-13-8-4-2-6-11(13)28-22(33)29-21(30)14-9-10-5-1-3-7-12(10)31-14/h1-9H,(H2,28,29,30,33). The number of ether oxygens (including phenoxy) is 1. The number of rotatable bonds is 4. The number of benzene rings is 3. The highest BCUT2D eigenvalue weighted by Gasteiger charge is 2.28. The number of nitrogens with one attached hydrogen (secondary N) is 2. The van der Waals surface area contributed by atoms with E-state index in [0.29, 0.717) is 11.0 Å². The first-order valence-electron chi connectivity index (χ1n) is 9.15. The van der Waals surface area contributed by atoms with E-state index in [-0.39, 0.29) is 22.3 Å². The second-order valence-electron chi connectivity index (χ2n) is 6.55. The number of anilines is 1. The molecule has 0 saturated heterocycles. The minimum atomic E-state index is -2.31. The van der Waals surface area contributed by atoms with Crippen LogP contribution in [0.15, 0.2) is 59.0 Å². The zero-order chi connectivity index (χ0) is 23.7. The molecule has 0 bridgehead atoms. The minimum absolute atomic E-state index is 0.0173. The molecule has 33 heavy (non-hydrogen) atoms. The Morgan fingerprint density at radius 2 is 1.45 bits per heavy atom. The molecule has 0 radical (unpaired) electrons. The maximum atomic E-state index is 14.0. The third-order valence-electron chi connectivity index (χ3n) is 4.39. The van der Waals surface area contributed by atoms with E-state index in [2.05, 4.69) is 10.6 Å². The van der Waals surface area contributed by atoms with Crippen molar-refractivity contribution in [1.82, 2.24) is 5.32 Å². The van der Waals surface area contributed by atoms with Crippen LogP contribution < -0.4 is 15.4 Å². The van der Waals surface area contributed by atoms with Gasteiger partial charge in [0.15, 0.2) is 16.6 Å². The van der Waals surface area contributed by atoms with E-state index in [4.69, 9.17) is 21.4 Å². The first kappa shape index (κ1) is 22.2. The summed E-state index contributed by atoms with van der Waals surface area (Å²) in [5.74, 6) is -13.4. The van der Waals surface area contributed by atoms with Gasteiger partial charge in [0.05, 0.1) is 5.69 Å². The molecule has 168 valence electrons. The van der Waals surface area contributed by atoms with Crippen LogP contribution in [0, 0.1) is 29.1 Å². The molecule has 5 nitrogen and oxygen atoms in total. The smallest absolute Gasteiger partial charge is 0.293 e. The number of furan rings is 1. The van der Waals surface area contributed by atoms with Gasteiger partial charge in [-0.25, -0.2) is 13.2 Å². The highest BCUT2D eigenvalue weighted by Crippen LogP contribution is 2.35. The topological polar surface area (TPSA) is 63.5 Å². The van der Waals surface area contributed by atoms with Gasteiger partial charge in [-0.1, -0.05) is 30.3 Å². The zero-order valence-corrected chi connectivity index (χ0v) is 17.0. The van der Waals surface area contributed by atoms with Crippen LogP contribution in [-0.2, 0) is 0 Å². The fraction of sp³-hybridized carbons (Fsp3) is 0. The number of para-hydroxylation sites is 3. The van der Waals surface area contributed by atoms with Crippen LogP contribution in [0.1, 0.15) is 10.6 Å². The summed E-state index contributed by atoms with van der Waals surface area (Å²) in [7, 11) is 0. The van der Waals surface area contributed by atoms with Crippen molar-refractivity contribution in [2.75, 3.05) is 5.32 Å². The SMILES string of the molecule is O=C(NC(=S)Nc1ccccc1Oc1c(F)c(F)c(F)c(F)c1F)c1cc2ccccc2o1. The molecular formula is C22H11F5N2O3S. The number of fused-ring (bicyclic) bond motifs is 1. The van der Waals surface area contributed by atoms with Crippen molar-refractivity contribution in [2.24, 2.45) is 0 Å². The molecule has 4 aromatic rings. The highest BCUT2D eigenvalue weighted by molar-refractivity contribution is 7.80. The molecule has 4 rings (SSSR count). The van der Waals surface area contributed by atoms with Gasteiger partial charge < -0.3 is 14.5 Å². The van der Waals surface area contributed by atoms with Crippen molar-refractivity contribution in [1.29, 1.82) is 0 Å². The average Bonchev–Trinajstić information content (AvgIpc) is 3.25. The number of hydrogen-bond acceptors (Lipinski definition) is 4. The van der Waals surface area contributed by atoms with E-state index in [1.54, 1.807) is 24.3 Å². The van der Waals surface area contributed by atoms with Crippen LogP contribution in [0.2, 0.25) is 0 Å². The van der Waals surface area contributed by atoms with Crippen molar-refractivity contribution in [3.05, 3.63) is 89.4 Å². The molecule has 0 aliphatic rings. The van der Waals surface area contributed by atoms with Crippen molar-refractivity contribution in [2.45, 2.75) is 0 Å². The van der Waals surface area contributed by atoms with E-state index in [1.165, 1.54) is 30.3 Å². The fourth-order valence-corrected chi connectivity index (χ4v) is 3.06. The first-order chi connectivity index (χ1) is 15.8. The normalized spacial score (nSPS) is 10.8. The minimum Gasteiger partial charge on any atom is -0.451 e. The third kappa shape index (κ3) is 4.35. The maximum absolute atomic E-state index is 14.0. The Balaban J connectivity index is 1.53. The monoisotopic (exact) mass is 478 g/mol. The van der Waals surface area contributed by atoms with Gasteiger partial charge in [-0.15, -0.1) is 0 Å². The van der Waals surface area contributed by atoms with E-state index in [9.17, 15) is 26.7 Å². The molecular weight excluding hydrogens is 467 g/mol. The van der Waals surface area contributed by atoms with Gasteiger partial charge in [-0.2, -0.15) is 8.78 Å². The van der Waals surface area contributed by atoms with Gasteiger partial charge in [0.1, 0.15) is 5.58 Å². The van der Waals surface area contributed by atoms with Gasteiger partial charge in [0, 0.05) is 5.39 Å². The Bertz CT molecular complexity index is 1340. The van der Waals surface area contributed by atoms with E-state index in [1.807, 2.05) is 0 Å². The summed E-state index contributed by atoms with van der Waals surface area (Å²) in [6.45, 7) is 0. The number of amides is 1. The lowest BCUT2D eigenvalue weighted by Gasteiger charge is -2.15. The molecule has 0 spiro atoms. The van der Waals surface area contributed by atoms with Crippen molar-refractivity contribution >= 4 is 39.9 Å². The molecule has 0 aliphatic heterocycles. The maximum Gasteiger partial charge on any atom is 0.293 e. The van der Waals surface area contributed by atoms with Gasteiger partial charge in [-0.3, -0.25) is 10.1 Å².